The number of thioether (sulfide) groups is 1. The summed E-state index contributed by atoms with van der Waals surface area (Å²) in [7, 11) is 0. The summed E-state index contributed by atoms with van der Waals surface area (Å²) in [4.78, 5) is 0. The number of hydrogen-bond acceptors (Lipinski definition) is 2. The van der Waals surface area contributed by atoms with Gasteiger partial charge in [-0.25, -0.2) is 0 Å². The van der Waals surface area contributed by atoms with Gasteiger partial charge in [-0.3, -0.25) is 0 Å². The number of hydrogen-bond donors (Lipinski definition) is 1. The summed E-state index contributed by atoms with van der Waals surface area (Å²) < 4.78 is 0. The van der Waals surface area contributed by atoms with Crippen LogP contribution in [0.15, 0.2) is 0 Å². The first-order valence-electron chi connectivity index (χ1n) is 3.27. The van der Waals surface area contributed by atoms with E-state index in [1.807, 2.05) is 0 Å². The Morgan fingerprint density at radius 2 is 2.38 bits per heavy atom. The van der Waals surface area contributed by atoms with Gasteiger partial charge in [-0.1, -0.05) is 0 Å². The quantitative estimate of drug-likeness (QED) is 0.517. The first kappa shape index (κ1) is 5.12. The van der Waals surface area contributed by atoms with Gasteiger partial charge in [-0.2, -0.15) is 11.8 Å². The van der Waals surface area contributed by atoms with Crippen molar-refractivity contribution < 1.29 is 0 Å². The van der Waals surface area contributed by atoms with Crippen molar-refractivity contribution in [1.82, 2.24) is 5.32 Å². The molecule has 1 nitrogen and oxygen atoms in total. The molecular formula is C6H11NS. The SMILES string of the molecule is C1NC[C@H]2C[C@H]1CS2. The predicted octanol–water partition coefficient (Wildman–Crippen LogP) is 0.711. The maximum absolute atomic E-state index is 3.43. The van der Waals surface area contributed by atoms with Gasteiger partial charge in [0.2, 0.25) is 0 Å². The molecule has 2 atom stereocenters. The lowest BCUT2D eigenvalue weighted by molar-refractivity contribution is 0.441. The summed E-state index contributed by atoms with van der Waals surface area (Å²) in [6.45, 7) is 2.55. The molecule has 2 rings (SSSR count). The standard InChI is InChI=1S/C6H11NS/c1-5-2-7-3-6(1)8-4-5/h5-7H,1-4H2/t5-,6-/m1/s1. The van der Waals surface area contributed by atoms with Crippen molar-refractivity contribution in [3.05, 3.63) is 0 Å². The van der Waals surface area contributed by atoms with Gasteiger partial charge < -0.3 is 5.32 Å². The van der Waals surface area contributed by atoms with Crippen LogP contribution in [0.2, 0.25) is 0 Å². The fourth-order valence-corrected chi connectivity index (χ4v) is 2.96. The smallest absolute Gasteiger partial charge is 0.0175 e. The largest absolute Gasteiger partial charge is 0.315 e. The zero-order chi connectivity index (χ0) is 5.40. The van der Waals surface area contributed by atoms with Crippen LogP contribution in [0.1, 0.15) is 6.42 Å². The lowest BCUT2D eigenvalue weighted by Gasteiger charge is -2.17. The van der Waals surface area contributed by atoms with Crippen LogP contribution in [0.5, 0.6) is 0 Å². The van der Waals surface area contributed by atoms with E-state index >= 15 is 0 Å². The number of piperidine rings is 1. The fourth-order valence-electron chi connectivity index (χ4n) is 1.51. The molecule has 0 spiro atoms. The highest BCUT2D eigenvalue weighted by Crippen LogP contribution is 2.32. The molecule has 2 aliphatic heterocycles. The van der Waals surface area contributed by atoms with Gasteiger partial charge in [-0.15, -0.1) is 0 Å². The van der Waals surface area contributed by atoms with Crippen LogP contribution in [-0.4, -0.2) is 24.1 Å². The van der Waals surface area contributed by atoms with Crippen molar-refractivity contribution in [2.24, 2.45) is 5.92 Å². The third-order valence-electron chi connectivity index (χ3n) is 1.97. The molecule has 0 aromatic rings. The van der Waals surface area contributed by atoms with Gasteiger partial charge in [0.25, 0.3) is 0 Å². The van der Waals surface area contributed by atoms with E-state index in [0.29, 0.717) is 0 Å². The Balaban J connectivity index is 2.03. The summed E-state index contributed by atoms with van der Waals surface area (Å²) in [5.41, 5.74) is 0. The van der Waals surface area contributed by atoms with Gasteiger partial charge in [0.15, 0.2) is 0 Å². The van der Waals surface area contributed by atoms with Crippen LogP contribution < -0.4 is 5.32 Å². The molecule has 0 aromatic carbocycles. The molecule has 0 amide bonds. The monoisotopic (exact) mass is 129 g/mol. The molecular weight excluding hydrogens is 118 g/mol. The molecule has 2 bridgehead atoms. The minimum absolute atomic E-state index is 0.966. The second-order valence-electron chi connectivity index (χ2n) is 2.72. The highest BCUT2D eigenvalue weighted by molar-refractivity contribution is 8.00. The van der Waals surface area contributed by atoms with Crippen LogP contribution in [0.25, 0.3) is 0 Å². The molecule has 2 heteroatoms. The Bertz CT molecular complexity index is 80.5. The van der Waals surface area contributed by atoms with Crippen molar-refractivity contribution in [2.45, 2.75) is 11.7 Å². The maximum atomic E-state index is 3.43. The summed E-state index contributed by atoms with van der Waals surface area (Å²) in [6.07, 6.45) is 1.48. The van der Waals surface area contributed by atoms with Crippen molar-refractivity contribution >= 4 is 11.8 Å². The van der Waals surface area contributed by atoms with Gasteiger partial charge in [0.1, 0.15) is 0 Å². The Hall–Kier alpha value is 0.310. The Morgan fingerprint density at radius 3 is 3.12 bits per heavy atom. The minimum Gasteiger partial charge on any atom is -0.315 e. The minimum atomic E-state index is 0.966. The van der Waals surface area contributed by atoms with Crippen molar-refractivity contribution in [1.29, 1.82) is 0 Å². The summed E-state index contributed by atoms with van der Waals surface area (Å²) in [6, 6.07) is 0. The van der Waals surface area contributed by atoms with Crippen LogP contribution in [-0.2, 0) is 0 Å². The second kappa shape index (κ2) is 1.92. The van der Waals surface area contributed by atoms with Gasteiger partial charge in [0, 0.05) is 11.8 Å². The zero-order valence-corrected chi connectivity index (χ0v) is 5.71. The average molecular weight is 129 g/mol. The van der Waals surface area contributed by atoms with Crippen LogP contribution in [0.3, 0.4) is 0 Å². The zero-order valence-electron chi connectivity index (χ0n) is 4.89. The van der Waals surface area contributed by atoms with E-state index in [1.165, 1.54) is 25.3 Å². The molecule has 2 heterocycles. The third-order valence-corrected chi connectivity index (χ3v) is 3.46. The van der Waals surface area contributed by atoms with Crippen LogP contribution in [0.4, 0.5) is 0 Å². The second-order valence-corrected chi connectivity index (χ2v) is 4.05. The fraction of sp³-hybridized carbons (Fsp3) is 1.00. The van der Waals surface area contributed by atoms with Crippen molar-refractivity contribution in [3.8, 4) is 0 Å². The molecule has 0 aliphatic carbocycles. The van der Waals surface area contributed by atoms with E-state index in [1.54, 1.807) is 0 Å². The van der Waals surface area contributed by atoms with E-state index in [4.69, 9.17) is 0 Å². The molecule has 1 N–H and O–H groups in total. The predicted molar refractivity (Wildman–Crippen MR) is 37.2 cm³/mol. The van der Waals surface area contributed by atoms with E-state index in [0.717, 1.165) is 11.2 Å². The first-order chi connectivity index (χ1) is 3.95. The van der Waals surface area contributed by atoms with E-state index in [-0.39, 0.29) is 0 Å². The molecule has 0 aromatic heterocycles. The summed E-state index contributed by atoms with van der Waals surface area (Å²) in [5, 5.41) is 4.39. The highest BCUT2D eigenvalue weighted by atomic mass is 32.2. The lowest BCUT2D eigenvalue weighted by atomic mass is 10.0. The number of nitrogens with one attached hydrogen (secondary N) is 1. The van der Waals surface area contributed by atoms with Crippen LogP contribution in [0, 0.1) is 5.92 Å². The van der Waals surface area contributed by atoms with Gasteiger partial charge >= 0.3 is 0 Å². The molecule has 2 fully saturated rings. The molecule has 2 saturated heterocycles. The molecule has 2 aliphatic rings. The highest BCUT2D eigenvalue weighted by Gasteiger charge is 2.28. The Kier molecular flexibility index (Phi) is 1.23. The lowest BCUT2D eigenvalue weighted by Crippen LogP contribution is -2.33. The number of fused-ring (bicyclic) bond motifs is 2. The van der Waals surface area contributed by atoms with E-state index in [2.05, 4.69) is 17.1 Å². The van der Waals surface area contributed by atoms with E-state index in [9.17, 15) is 0 Å². The number of rotatable bonds is 0. The molecule has 46 valence electrons. The van der Waals surface area contributed by atoms with Gasteiger partial charge in [-0.05, 0) is 24.6 Å². The van der Waals surface area contributed by atoms with Crippen molar-refractivity contribution in [2.75, 3.05) is 18.8 Å². The normalized spacial score (nSPS) is 45.0. The topological polar surface area (TPSA) is 12.0 Å². The molecule has 0 unspecified atom stereocenters. The van der Waals surface area contributed by atoms with Crippen LogP contribution >= 0.6 is 11.8 Å². The molecule has 8 heavy (non-hydrogen) atoms. The molecule has 0 saturated carbocycles. The maximum Gasteiger partial charge on any atom is 0.0175 e. The third kappa shape index (κ3) is 0.759. The van der Waals surface area contributed by atoms with Crippen molar-refractivity contribution in [3.63, 3.8) is 0 Å². The Labute approximate surface area is 54.2 Å². The first-order valence-corrected chi connectivity index (χ1v) is 4.32. The average Bonchev–Trinajstić information content (AvgIpc) is 2.12. The van der Waals surface area contributed by atoms with E-state index < -0.39 is 0 Å². The summed E-state index contributed by atoms with van der Waals surface area (Å²) in [5.74, 6) is 2.43. The Morgan fingerprint density at radius 1 is 1.38 bits per heavy atom. The summed E-state index contributed by atoms with van der Waals surface area (Å²) >= 11 is 2.15. The molecule has 0 radical (unpaired) electrons. The van der Waals surface area contributed by atoms with Gasteiger partial charge in [0.05, 0.1) is 0 Å².